The molecule has 9 rings (SSSR count). The lowest BCUT2D eigenvalue weighted by molar-refractivity contribution is 0.487. The third kappa shape index (κ3) is 5.01. The molecular formula is C46H31NO. The third-order valence-corrected chi connectivity index (χ3v) is 9.24. The van der Waals surface area contributed by atoms with Gasteiger partial charge in [-0.15, -0.1) is 0 Å². The van der Waals surface area contributed by atoms with Crippen molar-refractivity contribution < 1.29 is 4.74 Å². The Morgan fingerprint density at radius 2 is 0.833 bits per heavy atom. The van der Waals surface area contributed by atoms with E-state index in [-0.39, 0.29) is 0 Å². The molecule has 0 amide bonds. The van der Waals surface area contributed by atoms with Crippen molar-refractivity contribution in [2.75, 3.05) is 4.90 Å². The van der Waals surface area contributed by atoms with Gasteiger partial charge in [-0.05, 0) is 98.9 Å². The van der Waals surface area contributed by atoms with Gasteiger partial charge in [-0.25, -0.2) is 0 Å². The van der Waals surface area contributed by atoms with Crippen LogP contribution in [0.15, 0.2) is 188 Å². The molecule has 1 aliphatic heterocycles. The minimum Gasteiger partial charge on any atom is -0.456 e. The maximum atomic E-state index is 6.48. The Bertz CT molecular complexity index is 2330. The zero-order chi connectivity index (χ0) is 31.9. The largest absolute Gasteiger partial charge is 0.456 e. The van der Waals surface area contributed by atoms with E-state index < -0.39 is 0 Å². The van der Waals surface area contributed by atoms with Crippen molar-refractivity contribution in [1.82, 2.24) is 0 Å². The van der Waals surface area contributed by atoms with Crippen LogP contribution in [-0.2, 0) is 0 Å². The number of hydrogen-bond donors (Lipinski definition) is 0. The van der Waals surface area contributed by atoms with Gasteiger partial charge in [0.05, 0.1) is 0 Å². The molecule has 0 aromatic heterocycles. The van der Waals surface area contributed by atoms with Crippen LogP contribution in [0, 0.1) is 0 Å². The SMILES string of the molecule is c1ccc(-c2cccc(N(c3ccc(-c4ccc5c(c4)Oc4cccc6cccc-5c46)cc3)c3cccc(-c4ccccc4)c3)c2)cc1. The number of anilines is 3. The Balaban J connectivity index is 1.11. The molecule has 0 aliphatic carbocycles. The van der Waals surface area contributed by atoms with Crippen molar-refractivity contribution in [3.05, 3.63) is 188 Å². The van der Waals surface area contributed by atoms with Crippen LogP contribution >= 0.6 is 0 Å². The number of hydrogen-bond acceptors (Lipinski definition) is 2. The highest BCUT2D eigenvalue weighted by Gasteiger charge is 2.20. The van der Waals surface area contributed by atoms with Crippen molar-refractivity contribution in [2.24, 2.45) is 0 Å². The molecule has 0 radical (unpaired) electrons. The minimum atomic E-state index is 0.889. The molecule has 0 unspecified atom stereocenters. The predicted octanol–water partition coefficient (Wildman–Crippen LogP) is 13.1. The summed E-state index contributed by atoms with van der Waals surface area (Å²) < 4.78 is 6.48. The average molecular weight is 614 g/mol. The van der Waals surface area contributed by atoms with E-state index in [0.717, 1.165) is 45.3 Å². The molecular weight excluding hydrogens is 583 g/mol. The maximum absolute atomic E-state index is 6.48. The molecule has 0 N–H and O–H groups in total. The van der Waals surface area contributed by atoms with E-state index >= 15 is 0 Å². The van der Waals surface area contributed by atoms with Crippen LogP contribution in [0.2, 0.25) is 0 Å². The first-order chi connectivity index (χ1) is 23.8. The summed E-state index contributed by atoms with van der Waals surface area (Å²) in [6, 6.07) is 66.9. The minimum absolute atomic E-state index is 0.889. The Kier molecular flexibility index (Phi) is 6.84. The molecule has 0 bridgehead atoms. The number of benzene rings is 8. The first-order valence-electron chi connectivity index (χ1n) is 16.3. The molecule has 8 aromatic carbocycles. The number of ether oxygens (including phenoxy) is 1. The summed E-state index contributed by atoms with van der Waals surface area (Å²) in [6.07, 6.45) is 0. The van der Waals surface area contributed by atoms with Crippen molar-refractivity contribution in [3.63, 3.8) is 0 Å². The first kappa shape index (κ1) is 27.9. The van der Waals surface area contributed by atoms with Crippen LogP contribution in [0.3, 0.4) is 0 Å². The molecule has 1 aliphatic rings. The molecule has 0 saturated carbocycles. The summed E-state index contributed by atoms with van der Waals surface area (Å²) in [6.45, 7) is 0. The average Bonchev–Trinajstić information content (AvgIpc) is 3.16. The molecule has 8 aromatic rings. The van der Waals surface area contributed by atoms with E-state index in [1.54, 1.807) is 0 Å². The smallest absolute Gasteiger partial charge is 0.135 e. The summed E-state index contributed by atoms with van der Waals surface area (Å²) >= 11 is 0. The molecule has 1 heterocycles. The van der Waals surface area contributed by atoms with Gasteiger partial charge < -0.3 is 9.64 Å². The van der Waals surface area contributed by atoms with Crippen molar-refractivity contribution in [3.8, 4) is 56.0 Å². The fourth-order valence-electron chi connectivity index (χ4n) is 6.90. The van der Waals surface area contributed by atoms with Crippen molar-refractivity contribution in [1.29, 1.82) is 0 Å². The fraction of sp³-hybridized carbons (Fsp3) is 0. The van der Waals surface area contributed by atoms with Crippen LogP contribution in [0.4, 0.5) is 17.1 Å². The molecule has 48 heavy (non-hydrogen) atoms. The monoisotopic (exact) mass is 613 g/mol. The summed E-state index contributed by atoms with van der Waals surface area (Å²) in [5, 5.41) is 2.38. The van der Waals surface area contributed by atoms with E-state index in [1.807, 2.05) is 0 Å². The van der Waals surface area contributed by atoms with Crippen LogP contribution in [0.1, 0.15) is 0 Å². The summed E-state index contributed by atoms with van der Waals surface area (Å²) in [4.78, 5) is 2.34. The predicted molar refractivity (Wildman–Crippen MR) is 200 cm³/mol. The number of nitrogens with zero attached hydrogens (tertiary/aromatic N) is 1. The maximum Gasteiger partial charge on any atom is 0.135 e. The quantitative estimate of drug-likeness (QED) is 0.185. The highest BCUT2D eigenvalue weighted by atomic mass is 16.5. The fourth-order valence-corrected chi connectivity index (χ4v) is 6.90. The van der Waals surface area contributed by atoms with E-state index in [9.17, 15) is 0 Å². The second-order valence-electron chi connectivity index (χ2n) is 12.2. The van der Waals surface area contributed by atoms with Crippen molar-refractivity contribution in [2.45, 2.75) is 0 Å². The van der Waals surface area contributed by atoms with Gasteiger partial charge >= 0.3 is 0 Å². The Labute approximate surface area is 280 Å². The molecule has 226 valence electrons. The zero-order valence-electron chi connectivity index (χ0n) is 26.3. The van der Waals surface area contributed by atoms with Crippen molar-refractivity contribution >= 4 is 27.8 Å². The van der Waals surface area contributed by atoms with E-state index in [2.05, 4.69) is 193 Å². The Hall–Kier alpha value is -6.38. The van der Waals surface area contributed by atoms with E-state index in [1.165, 1.54) is 38.6 Å². The lowest BCUT2D eigenvalue weighted by Gasteiger charge is -2.27. The van der Waals surface area contributed by atoms with Crippen LogP contribution in [-0.4, -0.2) is 0 Å². The highest BCUT2D eigenvalue weighted by Crippen LogP contribution is 2.47. The zero-order valence-corrected chi connectivity index (χ0v) is 26.3. The van der Waals surface area contributed by atoms with E-state index in [4.69, 9.17) is 4.74 Å². The van der Waals surface area contributed by atoms with Gasteiger partial charge in [0.25, 0.3) is 0 Å². The van der Waals surface area contributed by atoms with Gasteiger partial charge in [0, 0.05) is 28.0 Å². The van der Waals surface area contributed by atoms with Gasteiger partial charge in [-0.3, -0.25) is 0 Å². The molecule has 2 nitrogen and oxygen atoms in total. The number of rotatable bonds is 6. The lowest BCUT2D eigenvalue weighted by atomic mass is 9.93. The Morgan fingerprint density at radius 1 is 0.312 bits per heavy atom. The van der Waals surface area contributed by atoms with Crippen LogP contribution in [0.5, 0.6) is 11.5 Å². The summed E-state index contributed by atoms with van der Waals surface area (Å²) in [5.41, 5.74) is 12.6. The number of fused-ring (bicyclic) bond motifs is 2. The van der Waals surface area contributed by atoms with Gasteiger partial charge in [0.1, 0.15) is 11.5 Å². The van der Waals surface area contributed by atoms with Gasteiger partial charge in [-0.1, -0.05) is 133 Å². The molecule has 0 fully saturated rings. The standard InChI is InChI=1S/C46H31NO/c1-3-11-32(12-4-1)36-17-7-19-40(29-36)47(41-20-8-18-37(30-41)33-13-5-2-6-14-33)39-26-23-34(24-27-39)38-25-28-42-43-21-9-15-35-16-10-22-44(46(35)43)48-45(42)31-38/h1-31H. The second-order valence-corrected chi connectivity index (χ2v) is 12.2. The van der Waals surface area contributed by atoms with Gasteiger partial charge in [0.15, 0.2) is 0 Å². The summed E-state index contributed by atoms with van der Waals surface area (Å²) in [5.74, 6) is 1.80. The van der Waals surface area contributed by atoms with E-state index in [0.29, 0.717) is 0 Å². The third-order valence-electron chi connectivity index (χ3n) is 9.24. The molecule has 0 saturated heterocycles. The lowest BCUT2D eigenvalue weighted by Crippen LogP contribution is -2.10. The Morgan fingerprint density at radius 3 is 1.48 bits per heavy atom. The summed E-state index contributed by atoms with van der Waals surface area (Å²) in [7, 11) is 0. The van der Waals surface area contributed by atoms with Gasteiger partial charge in [-0.2, -0.15) is 0 Å². The molecule has 0 spiro atoms. The topological polar surface area (TPSA) is 12.5 Å². The van der Waals surface area contributed by atoms with Crippen LogP contribution < -0.4 is 9.64 Å². The molecule has 0 atom stereocenters. The first-order valence-corrected chi connectivity index (χ1v) is 16.3. The second kappa shape index (κ2) is 11.8. The van der Waals surface area contributed by atoms with Crippen LogP contribution in [0.25, 0.3) is 55.3 Å². The normalized spacial score (nSPS) is 11.5. The highest BCUT2D eigenvalue weighted by molar-refractivity contribution is 6.04. The molecule has 2 heteroatoms. The van der Waals surface area contributed by atoms with Gasteiger partial charge in [0.2, 0.25) is 0 Å².